The fourth-order valence-corrected chi connectivity index (χ4v) is 3.74. The van der Waals surface area contributed by atoms with Crippen LogP contribution in [0.1, 0.15) is 13.8 Å². The van der Waals surface area contributed by atoms with E-state index in [1.807, 2.05) is 85.0 Å². The quantitative estimate of drug-likeness (QED) is 0.565. The smallest absolute Gasteiger partial charge is 0.237 e. The van der Waals surface area contributed by atoms with Crippen molar-refractivity contribution in [1.82, 2.24) is 14.8 Å². The maximum Gasteiger partial charge on any atom is 0.237 e. The molecule has 1 amide bonds. The molecule has 0 aliphatic heterocycles. The molecule has 0 radical (unpaired) electrons. The average molecular weight is 397 g/mol. The van der Waals surface area contributed by atoms with Gasteiger partial charge in [-0.2, -0.15) is 0 Å². The molecule has 1 heterocycles. The van der Waals surface area contributed by atoms with Gasteiger partial charge >= 0.3 is 0 Å². The second-order valence-electron chi connectivity index (χ2n) is 6.58. The number of thioether (sulfide) groups is 1. The van der Waals surface area contributed by atoms with Crippen molar-refractivity contribution < 1.29 is 9.53 Å². The fraction of sp³-hybridized carbons (Fsp3) is 0.286. The normalized spacial score (nSPS) is 10.9. The molecule has 3 rings (SSSR count). The molecule has 0 N–H and O–H groups in total. The van der Waals surface area contributed by atoms with Crippen LogP contribution in [0.3, 0.4) is 0 Å². The molecule has 146 valence electrons. The SMILES string of the molecule is COc1cccc(-c2nnc(SCC(=O)N(c3ccccc3)C(C)C)n2C)c1. The first-order chi connectivity index (χ1) is 13.5. The zero-order valence-electron chi connectivity index (χ0n) is 16.5. The average Bonchev–Trinajstić information content (AvgIpc) is 3.07. The van der Waals surface area contributed by atoms with E-state index < -0.39 is 0 Å². The van der Waals surface area contributed by atoms with Gasteiger partial charge in [-0.05, 0) is 38.1 Å². The maximum absolute atomic E-state index is 12.9. The topological polar surface area (TPSA) is 60.3 Å². The lowest BCUT2D eigenvalue weighted by molar-refractivity contribution is -0.116. The molecule has 0 aliphatic carbocycles. The summed E-state index contributed by atoms with van der Waals surface area (Å²) in [7, 11) is 3.54. The van der Waals surface area contributed by atoms with Crippen molar-refractivity contribution in [2.24, 2.45) is 7.05 Å². The Hall–Kier alpha value is -2.80. The molecule has 0 saturated carbocycles. The van der Waals surface area contributed by atoms with Gasteiger partial charge in [0.1, 0.15) is 5.75 Å². The van der Waals surface area contributed by atoms with Crippen molar-refractivity contribution in [2.45, 2.75) is 25.0 Å². The summed E-state index contributed by atoms with van der Waals surface area (Å²) >= 11 is 1.39. The molecule has 2 aromatic carbocycles. The minimum atomic E-state index is 0.0390. The van der Waals surface area contributed by atoms with Crippen LogP contribution in [0.25, 0.3) is 11.4 Å². The Morgan fingerprint density at radius 3 is 2.57 bits per heavy atom. The molecule has 1 aromatic heterocycles. The molecule has 6 nitrogen and oxygen atoms in total. The van der Waals surface area contributed by atoms with Crippen LogP contribution in [-0.4, -0.2) is 39.6 Å². The van der Waals surface area contributed by atoms with Gasteiger partial charge < -0.3 is 14.2 Å². The Morgan fingerprint density at radius 1 is 1.14 bits per heavy atom. The van der Waals surface area contributed by atoms with Gasteiger partial charge in [0.15, 0.2) is 11.0 Å². The van der Waals surface area contributed by atoms with Crippen LogP contribution in [0.4, 0.5) is 5.69 Å². The Morgan fingerprint density at radius 2 is 1.89 bits per heavy atom. The van der Waals surface area contributed by atoms with Gasteiger partial charge in [-0.3, -0.25) is 4.79 Å². The van der Waals surface area contributed by atoms with Gasteiger partial charge in [-0.15, -0.1) is 10.2 Å². The molecule has 0 spiro atoms. The summed E-state index contributed by atoms with van der Waals surface area (Å²) in [5.41, 5.74) is 1.82. The summed E-state index contributed by atoms with van der Waals surface area (Å²) in [6, 6.07) is 17.5. The zero-order valence-corrected chi connectivity index (χ0v) is 17.3. The molecule has 0 saturated heterocycles. The van der Waals surface area contributed by atoms with Crippen LogP contribution in [0, 0.1) is 0 Å². The van der Waals surface area contributed by atoms with E-state index >= 15 is 0 Å². The minimum Gasteiger partial charge on any atom is -0.497 e. The molecular formula is C21H24N4O2S. The van der Waals surface area contributed by atoms with Crippen molar-refractivity contribution >= 4 is 23.4 Å². The molecule has 0 aliphatic rings. The Bertz CT molecular complexity index is 941. The number of amides is 1. The lowest BCUT2D eigenvalue weighted by atomic mass is 10.2. The molecule has 28 heavy (non-hydrogen) atoms. The molecule has 7 heteroatoms. The van der Waals surface area contributed by atoms with E-state index in [2.05, 4.69) is 10.2 Å². The van der Waals surface area contributed by atoms with Crippen molar-refractivity contribution in [3.63, 3.8) is 0 Å². The predicted octanol–water partition coefficient (Wildman–Crippen LogP) is 4.02. The van der Waals surface area contributed by atoms with E-state index in [0.29, 0.717) is 5.16 Å². The highest BCUT2D eigenvalue weighted by atomic mass is 32.2. The third-order valence-electron chi connectivity index (χ3n) is 4.31. The standard InChI is InChI=1S/C21H24N4O2S/c1-15(2)25(17-10-6-5-7-11-17)19(26)14-28-21-23-22-20(24(21)3)16-9-8-12-18(13-16)27-4/h5-13,15H,14H2,1-4H3. The monoisotopic (exact) mass is 396 g/mol. The maximum atomic E-state index is 12.9. The highest BCUT2D eigenvalue weighted by Crippen LogP contribution is 2.26. The van der Waals surface area contributed by atoms with Crippen LogP contribution in [0.15, 0.2) is 59.8 Å². The highest BCUT2D eigenvalue weighted by Gasteiger charge is 2.20. The number of ether oxygens (including phenoxy) is 1. The second-order valence-corrected chi connectivity index (χ2v) is 7.52. The number of anilines is 1. The summed E-state index contributed by atoms with van der Waals surface area (Å²) in [5, 5.41) is 9.25. The lowest BCUT2D eigenvalue weighted by Gasteiger charge is -2.26. The van der Waals surface area contributed by atoms with Crippen LogP contribution < -0.4 is 9.64 Å². The van der Waals surface area contributed by atoms with Crippen LogP contribution in [-0.2, 0) is 11.8 Å². The van der Waals surface area contributed by atoms with Gasteiger partial charge in [0, 0.05) is 24.3 Å². The number of para-hydroxylation sites is 1. The van der Waals surface area contributed by atoms with Gasteiger partial charge in [0.2, 0.25) is 5.91 Å². The number of hydrogen-bond acceptors (Lipinski definition) is 5. The number of aromatic nitrogens is 3. The van der Waals surface area contributed by atoms with E-state index in [1.54, 1.807) is 7.11 Å². The first kappa shape index (κ1) is 19.9. The minimum absolute atomic E-state index is 0.0390. The molecule has 3 aromatic rings. The van der Waals surface area contributed by atoms with Gasteiger partial charge in [-0.1, -0.05) is 42.1 Å². The third kappa shape index (κ3) is 4.36. The molecule has 0 fully saturated rings. The van der Waals surface area contributed by atoms with E-state index in [0.717, 1.165) is 22.8 Å². The van der Waals surface area contributed by atoms with Gasteiger partial charge in [0.05, 0.1) is 12.9 Å². The summed E-state index contributed by atoms with van der Waals surface area (Å²) in [5.74, 6) is 1.83. The van der Waals surface area contributed by atoms with E-state index in [9.17, 15) is 4.79 Å². The van der Waals surface area contributed by atoms with E-state index in [4.69, 9.17) is 4.74 Å². The van der Waals surface area contributed by atoms with E-state index in [1.165, 1.54) is 11.8 Å². The molecule has 0 unspecified atom stereocenters. The zero-order chi connectivity index (χ0) is 20.1. The lowest BCUT2D eigenvalue weighted by Crippen LogP contribution is -2.38. The Kier molecular flexibility index (Phi) is 6.36. The number of methoxy groups -OCH3 is 1. The molecular weight excluding hydrogens is 372 g/mol. The molecule has 0 bridgehead atoms. The van der Waals surface area contributed by atoms with Gasteiger partial charge in [-0.25, -0.2) is 0 Å². The number of rotatable bonds is 7. The van der Waals surface area contributed by atoms with Crippen LogP contribution >= 0.6 is 11.8 Å². The van der Waals surface area contributed by atoms with Crippen LogP contribution in [0.5, 0.6) is 5.75 Å². The summed E-state index contributed by atoms with van der Waals surface area (Å²) in [6.07, 6.45) is 0. The summed E-state index contributed by atoms with van der Waals surface area (Å²) in [4.78, 5) is 14.7. The molecule has 0 atom stereocenters. The number of benzene rings is 2. The summed E-state index contributed by atoms with van der Waals surface area (Å²) in [6.45, 7) is 4.03. The van der Waals surface area contributed by atoms with E-state index in [-0.39, 0.29) is 17.7 Å². The van der Waals surface area contributed by atoms with Gasteiger partial charge in [0.25, 0.3) is 0 Å². The number of hydrogen-bond donors (Lipinski definition) is 0. The predicted molar refractivity (Wildman–Crippen MR) is 113 cm³/mol. The van der Waals surface area contributed by atoms with Crippen molar-refractivity contribution in [2.75, 3.05) is 17.8 Å². The largest absolute Gasteiger partial charge is 0.497 e. The number of carbonyl (C=O) groups is 1. The summed E-state index contributed by atoms with van der Waals surface area (Å²) < 4.78 is 7.18. The van der Waals surface area contributed by atoms with Crippen molar-refractivity contribution in [3.05, 3.63) is 54.6 Å². The fourth-order valence-electron chi connectivity index (χ4n) is 2.97. The van der Waals surface area contributed by atoms with Crippen LogP contribution in [0.2, 0.25) is 0 Å². The Labute approximate surface area is 169 Å². The number of carbonyl (C=O) groups excluding carboxylic acids is 1. The first-order valence-corrected chi connectivity index (χ1v) is 10.0. The Balaban J connectivity index is 1.74. The first-order valence-electron chi connectivity index (χ1n) is 9.05. The van der Waals surface area contributed by atoms with Crippen molar-refractivity contribution in [1.29, 1.82) is 0 Å². The highest BCUT2D eigenvalue weighted by molar-refractivity contribution is 7.99. The third-order valence-corrected chi connectivity index (χ3v) is 5.31. The van der Waals surface area contributed by atoms with Crippen molar-refractivity contribution in [3.8, 4) is 17.1 Å². The number of nitrogens with zero attached hydrogens (tertiary/aromatic N) is 4. The second kappa shape index (κ2) is 8.93.